The monoisotopic (exact) mass is 383 g/mol. The Morgan fingerprint density at radius 2 is 2.00 bits per heavy atom. The number of carbonyl (C=O) groups is 2. The normalized spacial score (nSPS) is 15.2. The molecule has 0 radical (unpaired) electrons. The van der Waals surface area contributed by atoms with E-state index in [2.05, 4.69) is 31.5 Å². The van der Waals surface area contributed by atoms with Gasteiger partial charge in [0, 0.05) is 29.8 Å². The molecule has 0 unspecified atom stereocenters. The van der Waals surface area contributed by atoms with Crippen LogP contribution in [0.25, 0.3) is 0 Å². The summed E-state index contributed by atoms with van der Waals surface area (Å²) < 4.78 is 6.24. The average Bonchev–Trinajstić information content (AvgIpc) is 2.55. The van der Waals surface area contributed by atoms with E-state index in [0.717, 1.165) is 49.3 Å². The van der Waals surface area contributed by atoms with E-state index in [4.69, 9.17) is 4.74 Å². The second-order valence-corrected chi connectivity index (χ2v) is 6.34. The van der Waals surface area contributed by atoms with E-state index in [-0.39, 0.29) is 0 Å². The summed E-state index contributed by atoms with van der Waals surface area (Å²) in [7, 11) is 0. The molecular weight excluding hydrogens is 362 g/mol. The third-order valence-electron chi connectivity index (χ3n) is 3.66. The summed E-state index contributed by atoms with van der Waals surface area (Å²) in [6.07, 6.45) is 0.816. The maximum absolute atomic E-state index is 11.8. The summed E-state index contributed by atoms with van der Waals surface area (Å²) in [4.78, 5) is 25.9. The largest absolute Gasteiger partial charge is 0.379 e. The van der Waals surface area contributed by atoms with Gasteiger partial charge in [-0.3, -0.25) is 14.5 Å². The van der Waals surface area contributed by atoms with Crippen LogP contribution in [0.3, 0.4) is 0 Å². The van der Waals surface area contributed by atoms with E-state index in [9.17, 15) is 9.59 Å². The van der Waals surface area contributed by atoms with E-state index < -0.39 is 11.8 Å². The zero-order valence-electron chi connectivity index (χ0n) is 13.2. The number of halogens is 1. The number of amides is 2. The molecule has 1 heterocycles. The second-order valence-electron chi connectivity index (χ2n) is 5.48. The molecule has 1 aliphatic rings. The van der Waals surface area contributed by atoms with Gasteiger partial charge in [-0.25, -0.2) is 0 Å². The number of aryl methyl sites for hydroxylation is 1. The smallest absolute Gasteiger partial charge is 0.313 e. The van der Waals surface area contributed by atoms with Gasteiger partial charge in [0.2, 0.25) is 0 Å². The Balaban J connectivity index is 1.68. The molecule has 2 N–H and O–H groups in total. The average molecular weight is 384 g/mol. The molecule has 0 aromatic heterocycles. The van der Waals surface area contributed by atoms with Gasteiger partial charge in [0.05, 0.1) is 13.2 Å². The molecule has 0 aliphatic carbocycles. The molecule has 0 atom stereocenters. The van der Waals surface area contributed by atoms with Gasteiger partial charge in [0.15, 0.2) is 0 Å². The van der Waals surface area contributed by atoms with Crippen molar-refractivity contribution >= 4 is 33.4 Å². The van der Waals surface area contributed by atoms with Crippen molar-refractivity contribution in [1.82, 2.24) is 10.2 Å². The van der Waals surface area contributed by atoms with Crippen LogP contribution in [0.2, 0.25) is 0 Å². The first-order valence-corrected chi connectivity index (χ1v) is 8.51. The van der Waals surface area contributed by atoms with Crippen molar-refractivity contribution in [3.05, 3.63) is 28.2 Å². The molecule has 1 aromatic rings. The number of morpholine rings is 1. The van der Waals surface area contributed by atoms with Crippen LogP contribution in [0, 0.1) is 6.92 Å². The van der Waals surface area contributed by atoms with E-state index >= 15 is 0 Å². The Kier molecular flexibility index (Phi) is 7.01. The maximum Gasteiger partial charge on any atom is 0.313 e. The summed E-state index contributed by atoms with van der Waals surface area (Å²) in [6, 6.07) is 5.40. The first kappa shape index (κ1) is 17.9. The lowest BCUT2D eigenvalue weighted by molar-refractivity contribution is -0.136. The highest BCUT2D eigenvalue weighted by Crippen LogP contribution is 2.19. The minimum absolute atomic E-state index is 0.489. The molecule has 7 heteroatoms. The van der Waals surface area contributed by atoms with Crippen molar-refractivity contribution in [1.29, 1.82) is 0 Å². The summed E-state index contributed by atoms with van der Waals surface area (Å²) in [5, 5.41) is 5.25. The lowest BCUT2D eigenvalue weighted by Crippen LogP contribution is -2.39. The van der Waals surface area contributed by atoms with E-state index in [1.165, 1.54) is 0 Å². The highest BCUT2D eigenvalue weighted by molar-refractivity contribution is 9.10. The first-order chi connectivity index (χ1) is 11.1. The van der Waals surface area contributed by atoms with Crippen LogP contribution < -0.4 is 10.6 Å². The van der Waals surface area contributed by atoms with Gasteiger partial charge in [0.25, 0.3) is 0 Å². The molecule has 1 saturated heterocycles. The number of rotatable bonds is 5. The van der Waals surface area contributed by atoms with Gasteiger partial charge in [-0.05, 0) is 43.7 Å². The predicted molar refractivity (Wildman–Crippen MR) is 92.4 cm³/mol. The third-order valence-corrected chi connectivity index (χ3v) is 4.55. The molecule has 1 aliphatic heterocycles. The molecule has 0 spiro atoms. The van der Waals surface area contributed by atoms with Crippen molar-refractivity contribution in [3.63, 3.8) is 0 Å². The van der Waals surface area contributed by atoms with E-state index in [1.807, 2.05) is 19.1 Å². The summed E-state index contributed by atoms with van der Waals surface area (Å²) in [6.45, 7) is 6.70. The highest BCUT2D eigenvalue weighted by atomic mass is 79.9. The van der Waals surface area contributed by atoms with E-state index in [0.29, 0.717) is 12.2 Å². The fourth-order valence-corrected chi connectivity index (χ4v) is 2.57. The Hall–Kier alpha value is -1.44. The quantitative estimate of drug-likeness (QED) is 0.597. The molecule has 1 aromatic carbocycles. The highest BCUT2D eigenvalue weighted by Gasteiger charge is 2.14. The molecule has 0 bridgehead atoms. The minimum Gasteiger partial charge on any atom is -0.379 e. The number of anilines is 1. The van der Waals surface area contributed by atoms with Gasteiger partial charge in [0.1, 0.15) is 0 Å². The maximum atomic E-state index is 11.8. The molecule has 2 amide bonds. The van der Waals surface area contributed by atoms with Crippen LogP contribution in [-0.4, -0.2) is 56.1 Å². The number of hydrogen-bond acceptors (Lipinski definition) is 4. The SMILES string of the molecule is Cc1cc(NC(=O)C(=O)NCCCN2CCOCC2)ccc1Br. The Bertz CT molecular complexity index is 560. The number of hydrogen-bond donors (Lipinski definition) is 2. The van der Waals surface area contributed by atoms with Crippen molar-refractivity contribution < 1.29 is 14.3 Å². The Morgan fingerprint density at radius 1 is 1.26 bits per heavy atom. The molecule has 126 valence electrons. The number of nitrogens with zero attached hydrogens (tertiary/aromatic N) is 1. The van der Waals surface area contributed by atoms with Gasteiger partial charge in [-0.1, -0.05) is 15.9 Å². The third kappa shape index (κ3) is 5.93. The molecular formula is C16H22BrN3O3. The zero-order valence-corrected chi connectivity index (χ0v) is 14.8. The van der Waals surface area contributed by atoms with Crippen LogP contribution in [-0.2, 0) is 14.3 Å². The van der Waals surface area contributed by atoms with Crippen LogP contribution in [0.5, 0.6) is 0 Å². The van der Waals surface area contributed by atoms with Gasteiger partial charge < -0.3 is 15.4 Å². The van der Waals surface area contributed by atoms with Gasteiger partial charge in [-0.15, -0.1) is 0 Å². The molecule has 6 nitrogen and oxygen atoms in total. The van der Waals surface area contributed by atoms with Crippen molar-refractivity contribution in [3.8, 4) is 0 Å². The number of carbonyl (C=O) groups excluding carboxylic acids is 2. The molecule has 1 fully saturated rings. The van der Waals surface area contributed by atoms with Crippen LogP contribution >= 0.6 is 15.9 Å². The summed E-state index contributed by atoms with van der Waals surface area (Å²) in [5.74, 6) is -1.24. The lowest BCUT2D eigenvalue weighted by atomic mass is 10.2. The fraction of sp³-hybridized carbons (Fsp3) is 0.500. The van der Waals surface area contributed by atoms with Crippen LogP contribution in [0.4, 0.5) is 5.69 Å². The predicted octanol–water partition coefficient (Wildman–Crippen LogP) is 1.53. The number of ether oxygens (including phenoxy) is 1. The summed E-state index contributed by atoms with van der Waals surface area (Å²) in [5.41, 5.74) is 1.60. The van der Waals surface area contributed by atoms with E-state index in [1.54, 1.807) is 6.07 Å². The zero-order chi connectivity index (χ0) is 16.7. The minimum atomic E-state index is -0.641. The topological polar surface area (TPSA) is 70.7 Å². The van der Waals surface area contributed by atoms with Crippen LogP contribution in [0.1, 0.15) is 12.0 Å². The fourth-order valence-electron chi connectivity index (χ4n) is 2.32. The molecule has 23 heavy (non-hydrogen) atoms. The summed E-state index contributed by atoms with van der Waals surface area (Å²) >= 11 is 3.40. The number of benzene rings is 1. The second kappa shape index (κ2) is 9.00. The number of nitrogens with one attached hydrogen (secondary N) is 2. The van der Waals surface area contributed by atoms with Crippen LogP contribution in [0.15, 0.2) is 22.7 Å². The molecule has 2 rings (SSSR count). The first-order valence-electron chi connectivity index (χ1n) is 7.71. The van der Waals surface area contributed by atoms with Gasteiger partial charge >= 0.3 is 11.8 Å². The Morgan fingerprint density at radius 3 is 2.70 bits per heavy atom. The molecule has 0 saturated carbocycles. The van der Waals surface area contributed by atoms with Crippen molar-refractivity contribution in [2.75, 3.05) is 44.7 Å². The standard InChI is InChI=1S/C16H22BrN3O3/c1-12-11-13(3-4-14(12)17)19-16(22)15(21)18-5-2-6-20-7-9-23-10-8-20/h3-4,11H,2,5-10H2,1H3,(H,18,21)(H,19,22). The van der Waals surface area contributed by atoms with Crippen molar-refractivity contribution in [2.24, 2.45) is 0 Å². The van der Waals surface area contributed by atoms with Crippen molar-refractivity contribution in [2.45, 2.75) is 13.3 Å². The van der Waals surface area contributed by atoms with Gasteiger partial charge in [-0.2, -0.15) is 0 Å². The lowest BCUT2D eigenvalue weighted by Gasteiger charge is -2.26. The Labute approximate surface area is 144 Å².